The Morgan fingerprint density at radius 3 is 2.57 bits per heavy atom. The average molecular weight is 402 g/mol. The Labute approximate surface area is 177 Å². The summed E-state index contributed by atoms with van der Waals surface area (Å²) in [5.74, 6) is 1.61. The molecule has 5 rings (SSSR count). The predicted octanol–water partition coefficient (Wildman–Crippen LogP) is 3.22. The van der Waals surface area contributed by atoms with Crippen LogP contribution in [0.2, 0.25) is 0 Å². The number of aliphatic hydroxyl groups excluding tert-OH is 1. The summed E-state index contributed by atoms with van der Waals surface area (Å²) in [5.41, 5.74) is 3.83. The van der Waals surface area contributed by atoms with Crippen molar-refractivity contribution in [3.05, 3.63) is 78.1 Å². The van der Waals surface area contributed by atoms with Gasteiger partial charge in [-0.3, -0.25) is 4.90 Å². The van der Waals surface area contributed by atoms with E-state index >= 15 is 0 Å². The minimum atomic E-state index is -0.399. The molecule has 3 heterocycles. The number of aromatic nitrogens is 2. The van der Waals surface area contributed by atoms with Gasteiger partial charge in [0.25, 0.3) is 0 Å². The third kappa shape index (κ3) is 4.01. The van der Waals surface area contributed by atoms with Crippen molar-refractivity contribution in [1.82, 2.24) is 14.9 Å². The Bertz CT molecular complexity index is 996. The molecule has 0 amide bonds. The number of rotatable bonds is 4. The Morgan fingerprint density at radius 1 is 0.933 bits per heavy atom. The number of aliphatic hydroxyl groups is 1. The molecule has 0 aliphatic carbocycles. The molecule has 0 radical (unpaired) electrons. The van der Waals surface area contributed by atoms with Gasteiger partial charge in [0.1, 0.15) is 18.0 Å². The average Bonchev–Trinajstić information content (AvgIpc) is 2.79. The van der Waals surface area contributed by atoms with Crippen molar-refractivity contribution in [2.45, 2.75) is 31.5 Å². The molecule has 2 aliphatic rings. The number of para-hydroxylation sites is 1. The van der Waals surface area contributed by atoms with Gasteiger partial charge in [-0.2, -0.15) is 0 Å². The van der Waals surface area contributed by atoms with Crippen molar-refractivity contribution in [3.8, 4) is 0 Å². The quantitative estimate of drug-likeness (QED) is 0.700. The van der Waals surface area contributed by atoms with Crippen LogP contribution in [0, 0.1) is 0 Å². The summed E-state index contributed by atoms with van der Waals surface area (Å²) in [6.45, 7) is 3.40. The van der Waals surface area contributed by atoms with Crippen LogP contribution in [-0.2, 0) is 13.0 Å². The van der Waals surface area contributed by atoms with Crippen molar-refractivity contribution in [1.29, 1.82) is 0 Å². The van der Waals surface area contributed by atoms with Crippen LogP contribution in [0.1, 0.15) is 17.5 Å². The molecule has 6 heteroatoms. The van der Waals surface area contributed by atoms with Crippen LogP contribution in [0.25, 0.3) is 0 Å². The van der Waals surface area contributed by atoms with E-state index in [1.165, 1.54) is 11.1 Å². The van der Waals surface area contributed by atoms with Crippen LogP contribution in [-0.4, -0.2) is 51.8 Å². The predicted molar refractivity (Wildman–Crippen MR) is 119 cm³/mol. The first kappa shape index (κ1) is 19.0. The molecule has 0 unspecified atom stereocenters. The van der Waals surface area contributed by atoms with Gasteiger partial charge < -0.3 is 15.3 Å². The Hall–Kier alpha value is -2.96. The second-order valence-corrected chi connectivity index (χ2v) is 8.11. The van der Waals surface area contributed by atoms with Gasteiger partial charge in [-0.05, 0) is 36.1 Å². The number of β-amino-alcohol motifs (C(OH)–C–C–N with tert-alkyl or cyclic N) is 1. The van der Waals surface area contributed by atoms with E-state index in [0.717, 1.165) is 49.8 Å². The Morgan fingerprint density at radius 2 is 1.73 bits per heavy atom. The highest BCUT2D eigenvalue weighted by atomic mass is 16.3. The molecule has 0 bridgehead atoms. The third-order valence-corrected chi connectivity index (χ3v) is 6.20. The fourth-order valence-electron chi connectivity index (χ4n) is 4.61. The maximum absolute atomic E-state index is 11.0. The van der Waals surface area contributed by atoms with Gasteiger partial charge in [0.05, 0.1) is 6.10 Å². The number of piperidine rings is 1. The van der Waals surface area contributed by atoms with Gasteiger partial charge in [0.15, 0.2) is 0 Å². The van der Waals surface area contributed by atoms with E-state index in [-0.39, 0.29) is 6.04 Å². The maximum Gasteiger partial charge on any atom is 0.135 e. The number of benzene rings is 2. The van der Waals surface area contributed by atoms with E-state index in [0.29, 0.717) is 6.54 Å². The Balaban J connectivity index is 1.25. The van der Waals surface area contributed by atoms with Crippen LogP contribution in [0.5, 0.6) is 0 Å². The second-order valence-electron chi connectivity index (χ2n) is 8.11. The fourth-order valence-corrected chi connectivity index (χ4v) is 4.61. The summed E-state index contributed by atoms with van der Waals surface area (Å²) in [6.07, 6.45) is 3.17. The van der Waals surface area contributed by atoms with Gasteiger partial charge in [-0.1, -0.05) is 42.5 Å². The summed E-state index contributed by atoms with van der Waals surface area (Å²) in [7, 11) is 0. The summed E-state index contributed by atoms with van der Waals surface area (Å²) < 4.78 is 0. The molecule has 6 nitrogen and oxygen atoms in total. The van der Waals surface area contributed by atoms with Crippen molar-refractivity contribution >= 4 is 17.3 Å². The summed E-state index contributed by atoms with van der Waals surface area (Å²) >= 11 is 0. The molecule has 2 aromatic carbocycles. The van der Waals surface area contributed by atoms with E-state index in [9.17, 15) is 5.11 Å². The van der Waals surface area contributed by atoms with E-state index in [1.807, 2.05) is 36.4 Å². The summed E-state index contributed by atoms with van der Waals surface area (Å²) in [6, 6.07) is 20.8. The van der Waals surface area contributed by atoms with Gasteiger partial charge in [-0.25, -0.2) is 9.97 Å². The van der Waals surface area contributed by atoms with Gasteiger partial charge in [0, 0.05) is 44.0 Å². The number of nitrogens with zero attached hydrogens (tertiary/aromatic N) is 4. The van der Waals surface area contributed by atoms with Gasteiger partial charge >= 0.3 is 0 Å². The molecular formula is C24H27N5O. The highest BCUT2D eigenvalue weighted by Gasteiger charge is 2.34. The van der Waals surface area contributed by atoms with Crippen molar-refractivity contribution in [2.75, 3.05) is 29.9 Å². The molecule has 2 N–H and O–H groups in total. The van der Waals surface area contributed by atoms with Crippen LogP contribution >= 0.6 is 0 Å². The molecule has 1 aromatic heterocycles. The molecule has 154 valence electrons. The van der Waals surface area contributed by atoms with Crippen molar-refractivity contribution in [2.24, 2.45) is 0 Å². The lowest BCUT2D eigenvalue weighted by molar-refractivity contribution is 0.0293. The zero-order valence-electron chi connectivity index (χ0n) is 17.0. The molecule has 2 atom stereocenters. The van der Waals surface area contributed by atoms with Crippen LogP contribution < -0.4 is 10.2 Å². The second kappa shape index (κ2) is 8.42. The number of hydrogen-bond acceptors (Lipinski definition) is 6. The van der Waals surface area contributed by atoms with Gasteiger partial charge in [-0.15, -0.1) is 0 Å². The first-order valence-corrected chi connectivity index (χ1v) is 10.6. The first-order valence-electron chi connectivity index (χ1n) is 10.6. The molecular weight excluding hydrogens is 374 g/mol. The zero-order valence-corrected chi connectivity index (χ0v) is 17.0. The van der Waals surface area contributed by atoms with E-state index < -0.39 is 6.10 Å². The number of nitrogens with one attached hydrogen (secondary N) is 1. The van der Waals surface area contributed by atoms with E-state index in [4.69, 9.17) is 0 Å². The molecule has 3 aromatic rings. The zero-order chi connectivity index (χ0) is 20.3. The first-order chi connectivity index (χ1) is 14.8. The molecule has 0 saturated carbocycles. The molecule has 1 saturated heterocycles. The monoisotopic (exact) mass is 401 g/mol. The van der Waals surface area contributed by atoms with Crippen molar-refractivity contribution < 1.29 is 5.11 Å². The number of fused-ring (bicyclic) bond motifs is 1. The normalized spacial score (nSPS) is 21.8. The molecule has 30 heavy (non-hydrogen) atoms. The molecule has 2 aliphatic heterocycles. The molecule has 1 fully saturated rings. The highest BCUT2D eigenvalue weighted by Crippen LogP contribution is 2.27. The standard InChI is InChI=1S/C24H27N5O/c30-22-16-29(24-14-23(25-17-26-24)27-20-8-2-1-3-9-20)13-11-21(22)28-12-10-18-6-4-5-7-19(18)15-28/h1-9,14,17,21-22,30H,10-13,15-16H2,(H,25,26,27)/t21-,22-/m0/s1. The van der Waals surface area contributed by atoms with Crippen molar-refractivity contribution in [3.63, 3.8) is 0 Å². The topological polar surface area (TPSA) is 64.5 Å². The largest absolute Gasteiger partial charge is 0.390 e. The molecule has 0 spiro atoms. The maximum atomic E-state index is 11.0. The van der Waals surface area contributed by atoms with Crippen LogP contribution in [0.4, 0.5) is 17.3 Å². The van der Waals surface area contributed by atoms with Gasteiger partial charge in [0.2, 0.25) is 0 Å². The summed E-state index contributed by atoms with van der Waals surface area (Å²) in [5, 5.41) is 14.3. The Kier molecular flexibility index (Phi) is 5.34. The minimum absolute atomic E-state index is 0.193. The lowest BCUT2D eigenvalue weighted by Crippen LogP contribution is -2.55. The minimum Gasteiger partial charge on any atom is -0.390 e. The SMILES string of the molecule is O[C@H]1CN(c2cc(Nc3ccccc3)ncn2)CC[C@@H]1N1CCc2ccccc2C1. The van der Waals surface area contributed by atoms with E-state index in [2.05, 4.69) is 49.4 Å². The number of hydrogen-bond donors (Lipinski definition) is 2. The highest BCUT2D eigenvalue weighted by molar-refractivity contribution is 5.59. The lowest BCUT2D eigenvalue weighted by Gasteiger charge is -2.43. The van der Waals surface area contributed by atoms with E-state index in [1.54, 1.807) is 6.33 Å². The smallest absolute Gasteiger partial charge is 0.135 e. The lowest BCUT2D eigenvalue weighted by atomic mass is 9.94. The number of anilines is 3. The fraction of sp³-hybridized carbons (Fsp3) is 0.333. The van der Waals surface area contributed by atoms with Crippen LogP contribution in [0.3, 0.4) is 0 Å². The van der Waals surface area contributed by atoms with Crippen LogP contribution in [0.15, 0.2) is 67.0 Å². The third-order valence-electron chi connectivity index (χ3n) is 6.20. The summed E-state index contributed by atoms with van der Waals surface area (Å²) in [4.78, 5) is 13.4.